The van der Waals surface area contributed by atoms with E-state index >= 15 is 0 Å². The van der Waals surface area contributed by atoms with Gasteiger partial charge in [-0.1, -0.05) is 0 Å². The summed E-state index contributed by atoms with van der Waals surface area (Å²) in [5, 5.41) is 35.0. The molecule has 33 heavy (non-hydrogen) atoms. The van der Waals surface area contributed by atoms with Crippen LogP contribution in [0.3, 0.4) is 0 Å². The summed E-state index contributed by atoms with van der Waals surface area (Å²) in [6.45, 7) is 2.03. The maximum atomic E-state index is 11.8. The van der Waals surface area contributed by atoms with Crippen molar-refractivity contribution in [3.8, 4) is 0 Å². The third-order valence-corrected chi connectivity index (χ3v) is 4.38. The largest absolute Gasteiger partial charge is 0.356 e. The van der Waals surface area contributed by atoms with Crippen LogP contribution in [0.25, 0.3) is 0 Å². The second-order valence-corrected chi connectivity index (χ2v) is 7.23. The van der Waals surface area contributed by atoms with Crippen molar-refractivity contribution in [3.05, 3.63) is 0 Å². The first-order chi connectivity index (χ1) is 15.6. The predicted molar refractivity (Wildman–Crippen MR) is 114 cm³/mol. The number of carbonyl (C=O) groups excluding carboxylic acids is 5. The summed E-state index contributed by atoms with van der Waals surface area (Å²) in [6.07, 6.45) is 0.427. The third kappa shape index (κ3) is 15.6. The summed E-state index contributed by atoms with van der Waals surface area (Å²) in [4.78, 5) is 57.7. The SMILES string of the molecule is CC(=O)N(O)CCCNC(=O)CCC(=O)N(O)CCCNC(=O)CCC(=O)N(O)CCCN. The van der Waals surface area contributed by atoms with Crippen LogP contribution in [0, 0.1) is 0 Å². The van der Waals surface area contributed by atoms with Gasteiger partial charge in [-0.15, -0.1) is 0 Å². The van der Waals surface area contributed by atoms with Crippen LogP contribution in [0.15, 0.2) is 0 Å². The van der Waals surface area contributed by atoms with Crippen LogP contribution < -0.4 is 16.4 Å². The highest BCUT2D eigenvalue weighted by Crippen LogP contribution is 1.99. The van der Waals surface area contributed by atoms with Gasteiger partial charge < -0.3 is 16.4 Å². The topological polar surface area (TPSA) is 206 Å². The fourth-order valence-electron chi connectivity index (χ4n) is 2.44. The van der Waals surface area contributed by atoms with Gasteiger partial charge in [0.1, 0.15) is 0 Å². The zero-order valence-electron chi connectivity index (χ0n) is 19.0. The fraction of sp³-hybridized carbons (Fsp3) is 0.737. The Bertz CT molecular complexity index is 648. The van der Waals surface area contributed by atoms with Crippen molar-refractivity contribution in [1.82, 2.24) is 25.8 Å². The van der Waals surface area contributed by atoms with Crippen LogP contribution in [0.1, 0.15) is 51.9 Å². The molecular weight excluding hydrogens is 440 g/mol. The van der Waals surface area contributed by atoms with E-state index in [9.17, 15) is 39.6 Å². The van der Waals surface area contributed by atoms with E-state index in [0.29, 0.717) is 34.6 Å². The van der Waals surface area contributed by atoms with Crippen LogP contribution in [0.5, 0.6) is 0 Å². The Morgan fingerprint density at radius 1 is 0.667 bits per heavy atom. The Balaban J connectivity index is 3.87. The van der Waals surface area contributed by atoms with E-state index in [1.54, 1.807) is 0 Å². The van der Waals surface area contributed by atoms with Crippen molar-refractivity contribution in [2.75, 3.05) is 39.3 Å². The van der Waals surface area contributed by atoms with Crippen LogP contribution in [0.4, 0.5) is 0 Å². The molecule has 0 heterocycles. The first-order valence-electron chi connectivity index (χ1n) is 10.8. The molecule has 0 radical (unpaired) electrons. The molecule has 0 saturated carbocycles. The van der Waals surface area contributed by atoms with E-state index in [-0.39, 0.29) is 64.8 Å². The van der Waals surface area contributed by atoms with Crippen LogP contribution >= 0.6 is 0 Å². The van der Waals surface area contributed by atoms with Crippen LogP contribution in [-0.4, -0.2) is 99.6 Å². The molecule has 0 aliphatic rings. The van der Waals surface area contributed by atoms with Gasteiger partial charge in [0, 0.05) is 52.2 Å². The van der Waals surface area contributed by atoms with Gasteiger partial charge in [-0.2, -0.15) is 0 Å². The lowest BCUT2D eigenvalue weighted by Gasteiger charge is -2.16. The minimum Gasteiger partial charge on any atom is -0.356 e. The minimum atomic E-state index is -0.652. The van der Waals surface area contributed by atoms with Gasteiger partial charge >= 0.3 is 0 Å². The monoisotopic (exact) mass is 476 g/mol. The van der Waals surface area contributed by atoms with Gasteiger partial charge in [-0.05, 0) is 25.8 Å². The van der Waals surface area contributed by atoms with Crippen molar-refractivity contribution in [3.63, 3.8) is 0 Å². The highest BCUT2D eigenvalue weighted by Gasteiger charge is 2.14. The molecule has 7 N–H and O–H groups in total. The van der Waals surface area contributed by atoms with Gasteiger partial charge in [0.05, 0.1) is 13.1 Å². The molecule has 14 heteroatoms. The Morgan fingerprint density at radius 2 is 1.06 bits per heavy atom. The molecule has 0 aliphatic heterocycles. The number of nitrogens with one attached hydrogen (secondary N) is 2. The summed E-state index contributed by atoms with van der Waals surface area (Å²) in [6, 6.07) is 0. The molecule has 0 aromatic rings. The molecule has 0 rings (SSSR count). The van der Waals surface area contributed by atoms with Gasteiger partial charge in [0.25, 0.3) is 0 Å². The normalized spacial score (nSPS) is 10.3. The fourth-order valence-corrected chi connectivity index (χ4v) is 2.44. The molecule has 5 amide bonds. The van der Waals surface area contributed by atoms with E-state index < -0.39 is 29.5 Å². The van der Waals surface area contributed by atoms with Crippen LogP contribution in [0.2, 0.25) is 0 Å². The van der Waals surface area contributed by atoms with Crippen LogP contribution in [-0.2, 0) is 24.0 Å². The average Bonchev–Trinajstić information content (AvgIpc) is 2.79. The lowest BCUT2D eigenvalue weighted by molar-refractivity contribution is -0.166. The average molecular weight is 477 g/mol. The minimum absolute atomic E-state index is 0.0550. The molecule has 0 atom stereocenters. The first-order valence-corrected chi connectivity index (χ1v) is 10.8. The Morgan fingerprint density at radius 3 is 1.45 bits per heavy atom. The first kappa shape index (κ1) is 30.2. The van der Waals surface area contributed by atoms with Gasteiger partial charge in [0.15, 0.2) is 0 Å². The van der Waals surface area contributed by atoms with E-state index in [1.807, 2.05) is 0 Å². The number of hydroxylamine groups is 6. The summed E-state index contributed by atoms with van der Waals surface area (Å²) >= 11 is 0. The maximum Gasteiger partial charge on any atom is 0.246 e. The number of hydrogen-bond donors (Lipinski definition) is 6. The van der Waals surface area contributed by atoms with E-state index in [1.165, 1.54) is 6.92 Å². The standard InChI is InChI=1S/C19H36N6O8/c1-15(26)23(31)13-3-10-21-16(27)6-8-19(30)25(33)14-4-11-22-17(28)5-7-18(29)24(32)12-2-9-20/h31-33H,2-14,20H2,1H3,(H,21,27)(H,22,28). The quantitative estimate of drug-likeness (QED) is 0.0826. The molecule has 14 nitrogen and oxygen atoms in total. The zero-order valence-corrected chi connectivity index (χ0v) is 19.0. The highest BCUT2D eigenvalue weighted by atomic mass is 16.5. The van der Waals surface area contributed by atoms with Gasteiger partial charge in [-0.25, -0.2) is 15.2 Å². The Hall–Kier alpha value is -2.81. The summed E-state index contributed by atoms with van der Waals surface area (Å²) < 4.78 is 0. The van der Waals surface area contributed by atoms with Crippen molar-refractivity contribution in [1.29, 1.82) is 0 Å². The molecule has 0 spiro atoms. The molecule has 0 aromatic heterocycles. The van der Waals surface area contributed by atoms with Crippen molar-refractivity contribution >= 4 is 29.5 Å². The van der Waals surface area contributed by atoms with Crippen molar-refractivity contribution < 1.29 is 39.6 Å². The Labute approximate surface area is 192 Å². The molecule has 0 bridgehead atoms. The molecule has 0 aliphatic carbocycles. The van der Waals surface area contributed by atoms with Gasteiger partial charge in [0.2, 0.25) is 29.5 Å². The van der Waals surface area contributed by atoms with E-state index in [2.05, 4.69) is 10.6 Å². The molecular formula is C19H36N6O8. The molecule has 0 unspecified atom stereocenters. The molecule has 0 fully saturated rings. The number of rotatable bonds is 17. The number of amides is 5. The second-order valence-electron chi connectivity index (χ2n) is 7.23. The number of hydrogen-bond acceptors (Lipinski definition) is 9. The van der Waals surface area contributed by atoms with E-state index in [4.69, 9.17) is 5.73 Å². The molecule has 190 valence electrons. The zero-order chi connectivity index (χ0) is 25.2. The predicted octanol–water partition coefficient (Wildman–Crippen LogP) is -1.42. The number of nitrogens with two attached hydrogens (primary N) is 1. The Kier molecular flexibility index (Phi) is 16.2. The molecule has 0 saturated heterocycles. The van der Waals surface area contributed by atoms with Crippen molar-refractivity contribution in [2.24, 2.45) is 5.73 Å². The third-order valence-electron chi connectivity index (χ3n) is 4.38. The summed E-state index contributed by atoms with van der Waals surface area (Å²) in [5.41, 5.74) is 5.29. The smallest absolute Gasteiger partial charge is 0.246 e. The highest BCUT2D eigenvalue weighted by molar-refractivity contribution is 5.83. The van der Waals surface area contributed by atoms with Crippen molar-refractivity contribution in [2.45, 2.75) is 51.9 Å². The summed E-state index contributed by atoms with van der Waals surface area (Å²) in [7, 11) is 0. The second kappa shape index (κ2) is 17.7. The van der Waals surface area contributed by atoms with E-state index in [0.717, 1.165) is 0 Å². The lowest BCUT2D eigenvalue weighted by Crippen LogP contribution is -2.34. The maximum absolute atomic E-state index is 11.8. The number of nitrogens with zero attached hydrogens (tertiary/aromatic N) is 3. The van der Waals surface area contributed by atoms with Gasteiger partial charge in [-0.3, -0.25) is 39.6 Å². The summed E-state index contributed by atoms with van der Waals surface area (Å²) in [5.74, 6) is -2.55. The lowest BCUT2D eigenvalue weighted by atomic mass is 10.2. The number of carbonyl (C=O) groups is 5. The molecule has 0 aromatic carbocycles.